The Kier molecular flexibility index (Phi) is 3.77. The van der Waals surface area contributed by atoms with Crippen LogP contribution in [0.2, 0.25) is 10.3 Å². The molecule has 0 saturated heterocycles. The zero-order chi connectivity index (χ0) is 14.0. The smallest absolute Gasteiger partial charge is 0.433 e. The van der Waals surface area contributed by atoms with Crippen LogP contribution in [-0.4, -0.2) is 15.0 Å². The van der Waals surface area contributed by atoms with Crippen molar-refractivity contribution in [1.82, 2.24) is 15.0 Å². The lowest BCUT2D eigenvalue weighted by molar-refractivity contribution is -0.141. The number of rotatable bonds is 2. The van der Waals surface area contributed by atoms with E-state index in [0.29, 0.717) is 6.07 Å². The second kappa shape index (κ2) is 5.18. The SMILES string of the molecule is FC(F)(F)c1cc(Oc2cncc(Cl)c2)nc(Cl)n1. The lowest BCUT2D eigenvalue weighted by Gasteiger charge is -2.09. The fraction of sp³-hybridized carbons (Fsp3) is 0.100. The van der Waals surface area contributed by atoms with Crippen LogP contribution in [0, 0.1) is 0 Å². The Labute approximate surface area is 115 Å². The summed E-state index contributed by atoms with van der Waals surface area (Å²) in [5.41, 5.74) is -1.20. The van der Waals surface area contributed by atoms with Gasteiger partial charge in [-0.3, -0.25) is 4.98 Å². The van der Waals surface area contributed by atoms with E-state index < -0.39 is 17.2 Å². The Hall–Kier alpha value is -1.60. The van der Waals surface area contributed by atoms with Gasteiger partial charge in [-0.05, 0) is 11.6 Å². The third kappa shape index (κ3) is 3.68. The van der Waals surface area contributed by atoms with E-state index in [1.54, 1.807) is 0 Å². The van der Waals surface area contributed by atoms with Gasteiger partial charge in [0.1, 0.15) is 5.75 Å². The Balaban J connectivity index is 2.33. The lowest BCUT2D eigenvalue weighted by atomic mass is 10.4. The standard InChI is InChI=1S/C10H4Cl2F3N3O/c11-5-1-6(4-16-3-5)19-8-2-7(10(13,14)15)17-9(12)18-8/h1-4H. The van der Waals surface area contributed by atoms with Gasteiger partial charge in [0.25, 0.3) is 0 Å². The molecule has 0 saturated carbocycles. The summed E-state index contributed by atoms with van der Waals surface area (Å²) in [5, 5.41) is -0.298. The molecule has 0 aromatic carbocycles. The average molecular weight is 310 g/mol. The highest BCUT2D eigenvalue weighted by molar-refractivity contribution is 6.30. The quantitative estimate of drug-likeness (QED) is 0.787. The van der Waals surface area contributed by atoms with Gasteiger partial charge in [0.2, 0.25) is 11.2 Å². The molecule has 2 aromatic rings. The van der Waals surface area contributed by atoms with Gasteiger partial charge >= 0.3 is 6.18 Å². The zero-order valence-electron chi connectivity index (χ0n) is 8.95. The van der Waals surface area contributed by atoms with Gasteiger partial charge < -0.3 is 4.74 Å². The normalized spacial score (nSPS) is 11.4. The van der Waals surface area contributed by atoms with Crippen LogP contribution in [0.1, 0.15) is 5.69 Å². The summed E-state index contributed by atoms with van der Waals surface area (Å²) in [4.78, 5) is 10.3. The summed E-state index contributed by atoms with van der Waals surface area (Å²) in [6.07, 6.45) is -2.02. The third-order valence-corrected chi connectivity index (χ3v) is 2.24. The van der Waals surface area contributed by atoms with Crippen molar-refractivity contribution in [2.24, 2.45) is 0 Å². The van der Waals surface area contributed by atoms with E-state index in [1.165, 1.54) is 18.5 Å². The Bertz CT molecular complexity index is 607. The first kappa shape index (κ1) is 13.8. The molecule has 0 bridgehead atoms. The van der Waals surface area contributed by atoms with Crippen LogP contribution >= 0.6 is 23.2 Å². The fourth-order valence-corrected chi connectivity index (χ4v) is 1.50. The summed E-state index contributed by atoms with van der Waals surface area (Å²) in [6.45, 7) is 0. The number of hydrogen-bond acceptors (Lipinski definition) is 4. The molecule has 0 radical (unpaired) electrons. The molecule has 0 aliphatic rings. The predicted molar refractivity (Wildman–Crippen MR) is 61.4 cm³/mol. The van der Waals surface area contributed by atoms with Crippen molar-refractivity contribution in [3.05, 3.63) is 40.5 Å². The molecule has 4 nitrogen and oxygen atoms in total. The third-order valence-electron chi connectivity index (χ3n) is 1.87. The summed E-state index contributed by atoms with van der Waals surface area (Å²) >= 11 is 11.1. The first-order valence-corrected chi connectivity index (χ1v) is 5.50. The minimum absolute atomic E-state index is 0.135. The van der Waals surface area contributed by atoms with E-state index in [2.05, 4.69) is 15.0 Å². The van der Waals surface area contributed by atoms with Crippen molar-refractivity contribution >= 4 is 23.2 Å². The van der Waals surface area contributed by atoms with Gasteiger partial charge in [-0.2, -0.15) is 18.2 Å². The molecule has 2 heterocycles. The van der Waals surface area contributed by atoms with Crippen LogP contribution in [0.5, 0.6) is 11.6 Å². The molecule has 100 valence electrons. The number of aromatic nitrogens is 3. The summed E-state index contributed by atoms with van der Waals surface area (Å²) in [7, 11) is 0. The van der Waals surface area contributed by atoms with Gasteiger partial charge in [-0.15, -0.1) is 0 Å². The maximum absolute atomic E-state index is 12.5. The second-order valence-electron chi connectivity index (χ2n) is 3.30. The minimum Gasteiger partial charge on any atom is -0.437 e. The van der Waals surface area contributed by atoms with Gasteiger partial charge in [-0.25, -0.2) is 4.98 Å². The van der Waals surface area contributed by atoms with Crippen LogP contribution in [0.3, 0.4) is 0 Å². The first-order valence-electron chi connectivity index (χ1n) is 4.75. The monoisotopic (exact) mass is 309 g/mol. The number of pyridine rings is 1. The van der Waals surface area contributed by atoms with Crippen molar-refractivity contribution in [2.75, 3.05) is 0 Å². The first-order chi connectivity index (χ1) is 8.84. The molecule has 9 heteroatoms. The molecule has 0 amide bonds. The van der Waals surface area contributed by atoms with E-state index in [-0.39, 0.29) is 16.7 Å². The van der Waals surface area contributed by atoms with Crippen LogP contribution < -0.4 is 4.74 Å². The zero-order valence-corrected chi connectivity index (χ0v) is 10.5. The highest BCUT2D eigenvalue weighted by atomic mass is 35.5. The Morgan fingerprint density at radius 3 is 2.42 bits per heavy atom. The lowest BCUT2D eigenvalue weighted by Crippen LogP contribution is -2.09. The second-order valence-corrected chi connectivity index (χ2v) is 4.07. The summed E-state index contributed by atoms with van der Waals surface area (Å²) < 4.78 is 42.6. The van der Waals surface area contributed by atoms with Crippen molar-refractivity contribution < 1.29 is 17.9 Å². The van der Waals surface area contributed by atoms with Gasteiger partial charge in [0.15, 0.2) is 5.69 Å². The largest absolute Gasteiger partial charge is 0.437 e. The van der Waals surface area contributed by atoms with Crippen LogP contribution in [0.4, 0.5) is 13.2 Å². The molecule has 2 rings (SSSR count). The summed E-state index contributed by atoms with van der Waals surface area (Å²) in [6, 6.07) is 2.00. The van der Waals surface area contributed by atoms with Gasteiger partial charge in [0.05, 0.1) is 11.2 Å². The average Bonchev–Trinajstić information content (AvgIpc) is 2.26. The molecule has 19 heavy (non-hydrogen) atoms. The van der Waals surface area contributed by atoms with E-state index in [4.69, 9.17) is 27.9 Å². The number of halogens is 5. The van der Waals surface area contributed by atoms with E-state index in [0.717, 1.165) is 0 Å². The van der Waals surface area contributed by atoms with Crippen molar-refractivity contribution in [2.45, 2.75) is 6.18 Å². The molecule has 0 atom stereocenters. The topological polar surface area (TPSA) is 47.9 Å². The van der Waals surface area contributed by atoms with E-state index in [9.17, 15) is 13.2 Å². The highest BCUT2D eigenvalue weighted by Crippen LogP contribution is 2.31. The number of alkyl halides is 3. The predicted octanol–water partition coefficient (Wildman–Crippen LogP) is 3.99. The molecule has 0 aliphatic carbocycles. The van der Waals surface area contributed by atoms with Gasteiger partial charge in [-0.1, -0.05) is 11.6 Å². The molecular weight excluding hydrogens is 306 g/mol. The fourth-order valence-electron chi connectivity index (χ4n) is 1.16. The Morgan fingerprint density at radius 2 is 1.79 bits per heavy atom. The van der Waals surface area contributed by atoms with Crippen LogP contribution in [0.15, 0.2) is 24.5 Å². The maximum Gasteiger partial charge on any atom is 0.433 e. The number of nitrogens with zero attached hydrogens (tertiary/aromatic N) is 3. The van der Waals surface area contributed by atoms with Crippen molar-refractivity contribution in [1.29, 1.82) is 0 Å². The number of ether oxygens (including phenoxy) is 1. The maximum atomic E-state index is 12.5. The molecule has 0 unspecified atom stereocenters. The summed E-state index contributed by atoms with van der Waals surface area (Å²) in [5.74, 6) is -0.216. The molecule has 2 aromatic heterocycles. The van der Waals surface area contributed by atoms with E-state index in [1.807, 2.05) is 0 Å². The van der Waals surface area contributed by atoms with Crippen LogP contribution in [0.25, 0.3) is 0 Å². The molecule has 0 fully saturated rings. The molecular formula is C10H4Cl2F3N3O. The minimum atomic E-state index is -4.64. The van der Waals surface area contributed by atoms with Gasteiger partial charge in [0, 0.05) is 18.3 Å². The number of hydrogen-bond donors (Lipinski definition) is 0. The molecule has 0 spiro atoms. The highest BCUT2D eigenvalue weighted by Gasteiger charge is 2.34. The van der Waals surface area contributed by atoms with Crippen LogP contribution in [-0.2, 0) is 6.18 Å². The van der Waals surface area contributed by atoms with Crippen molar-refractivity contribution in [3.63, 3.8) is 0 Å². The van der Waals surface area contributed by atoms with Crippen molar-refractivity contribution in [3.8, 4) is 11.6 Å². The van der Waals surface area contributed by atoms with E-state index >= 15 is 0 Å². The molecule has 0 N–H and O–H groups in total. The molecule has 0 aliphatic heterocycles. The Morgan fingerprint density at radius 1 is 1.05 bits per heavy atom.